The Morgan fingerprint density at radius 1 is 1.15 bits per heavy atom. The summed E-state index contributed by atoms with van der Waals surface area (Å²) in [7, 11) is -2.56. The monoisotopic (exact) mass is 410 g/mol. The van der Waals surface area contributed by atoms with Crippen molar-refractivity contribution >= 4 is 33.2 Å². The Hall–Kier alpha value is -2.12. The molecule has 1 aliphatic rings. The van der Waals surface area contributed by atoms with E-state index in [0.29, 0.717) is 5.69 Å². The van der Waals surface area contributed by atoms with Crippen molar-refractivity contribution < 1.29 is 17.6 Å². The molecule has 1 amide bonds. The second-order valence-electron chi connectivity index (χ2n) is 6.55. The minimum atomic E-state index is -3.93. The summed E-state index contributed by atoms with van der Waals surface area (Å²) >= 11 is 6.13. The molecule has 0 bridgehead atoms. The van der Waals surface area contributed by atoms with Crippen LogP contribution in [0.5, 0.6) is 0 Å². The summed E-state index contributed by atoms with van der Waals surface area (Å²) in [5, 5.41) is 3.10. The van der Waals surface area contributed by atoms with E-state index in [9.17, 15) is 17.6 Å². The van der Waals surface area contributed by atoms with E-state index in [1.807, 2.05) is 0 Å². The Balaban J connectivity index is 1.89. The molecule has 8 heteroatoms. The highest BCUT2D eigenvalue weighted by molar-refractivity contribution is 7.92. The van der Waals surface area contributed by atoms with E-state index in [1.165, 1.54) is 49.5 Å². The molecule has 0 radical (unpaired) electrons. The van der Waals surface area contributed by atoms with Gasteiger partial charge in [0.15, 0.2) is 0 Å². The van der Waals surface area contributed by atoms with Crippen molar-refractivity contribution in [1.82, 2.24) is 5.32 Å². The molecular formula is C19H20ClFN2O3S. The highest BCUT2D eigenvalue weighted by Gasteiger charge is 2.25. The van der Waals surface area contributed by atoms with Crippen LogP contribution in [0.1, 0.15) is 36.0 Å². The van der Waals surface area contributed by atoms with Crippen molar-refractivity contribution in [2.75, 3.05) is 11.4 Å². The third-order valence-electron chi connectivity index (χ3n) is 4.72. The van der Waals surface area contributed by atoms with Gasteiger partial charge in [-0.05, 0) is 55.3 Å². The molecule has 1 saturated carbocycles. The number of benzene rings is 2. The molecule has 1 fully saturated rings. The van der Waals surface area contributed by atoms with Crippen molar-refractivity contribution in [2.24, 2.45) is 0 Å². The van der Waals surface area contributed by atoms with Gasteiger partial charge >= 0.3 is 0 Å². The molecule has 144 valence electrons. The van der Waals surface area contributed by atoms with Gasteiger partial charge in [0.1, 0.15) is 5.82 Å². The Kier molecular flexibility index (Phi) is 5.72. The summed E-state index contributed by atoms with van der Waals surface area (Å²) < 4.78 is 39.9. The summed E-state index contributed by atoms with van der Waals surface area (Å²) in [6, 6.07) is 9.24. The van der Waals surface area contributed by atoms with Crippen LogP contribution in [0, 0.1) is 5.82 Å². The van der Waals surface area contributed by atoms with Gasteiger partial charge in [-0.15, -0.1) is 0 Å². The lowest BCUT2D eigenvalue weighted by molar-refractivity contribution is 0.0938. The van der Waals surface area contributed by atoms with Crippen molar-refractivity contribution in [2.45, 2.75) is 36.6 Å². The molecule has 0 unspecified atom stereocenters. The van der Waals surface area contributed by atoms with E-state index < -0.39 is 15.8 Å². The number of anilines is 1. The summed E-state index contributed by atoms with van der Waals surface area (Å²) in [6.07, 6.45) is 3.95. The first kappa shape index (κ1) is 19.6. The quantitative estimate of drug-likeness (QED) is 0.810. The first-order valence-electron chi connectivity index (χ1n) is 8.64. The largest absolute Gasteiger partial charge is 0.349 e. The fourth-order valence-corrected chi connectivity index (χ4v) is 4.55. The summed E-state index contributed by atoms with van der Waals surface area (Å²) in [4.78, 5) is 12.5. The Morgan fingerprint density at radius 3 is 2.41 bits per heavy atom. The summed E-state index contributed by atoms with van der Waals surface area (Å²) in [5.41, 5.74) is 0.431. The second kappa shape index (κ2) is 7.86. The molecule has 2 aromatic carbocycles. The van der Waals surface area contributed by atoms with Gasteiger partial charge in [0.2, 0.25) is 0 Å². The van der Waals surface area contributed by atoms with E-state index >= 15 is 0 Å². The van der Waals surface area contributed by atoms with E-state index in [2.05, 4.69) is 5.32 Å². The lowest BCUT2D eigenvalue weighted by Crippen LogP contribution is -2.33. The van der Waals surface area contributed by atoms with Crippen LogP contribution in [0.2, 0.25) is 5.02 Å². The number of carbonyl (C=O) groups excluding carboxylic acids is 1. The zero-order valence-electron chi connectivity index (χ0n) is 14.8. The molecule has 1 N–H and O–H groups in total. The maximum absolute atomic E-state index is 13.1. The molecule has 0 spiro atoms. The van der Waals surface area contributed by atoms with E-state index in [4.69, 9.17) is 11.6 Å². The number of rotatable bonds is 5. The molecule has 2 aromatic rings. The lowest BCUT2D eigenvalue weighted by atomic mass is 10.2. The molecule has 5 nitrogen and oxygen atoms in total. The number of nitrogens with zero attached hydrogens (tertiary/aromatic N) is 1. The van der Waals surface area contributed by atoms with Gasteiger partial charge in [-0.3, -0.25) is 9.10 Å². The predicted molar refractivity (Wildman–Crippen MR) is 103 cm³/mol. The van der Waals surface area contributed by atoms with Crippen LogP contribution in [0.15, 0.2) is 47.4 Å². The number of amides is 1. The number of hydrogen-bond acceptors (Lipinski definition) is 3. The molecular weight excluding hydrogens is 391 g/mol. The first-order valence-corrected chi connectivity index (χ1v) is 10.5. The molecule has 0 heterocycles. The molecule has 3 rings (SSSR count). The number of halogens is 2. The van der Waals surface area contributed by atoms with Gasteiger partial charge in [0.25, 0.3) is 15.9 Å². The maximum atomic E-state index is 13.1. The van der Waals surface area contributed by atoms with Gasteiger partial charge in [0.05, 0.1) is 21.2 Å². The van der Waals surface area contributed by atoms with E-state index in [-0.39, 0.29) is 27.4 Å². The Bertz CT molecular complexity index is 942. The fourth-order valence-electron chi connectivity index (χ4n) is 3.12. The second-order valence-corrected chi connectivity index (χ2v) is 8.92. The fraction of sp³-hybridized carbons (Fsp3) is 0.316. The third-order valence-corrected chi connectivity index (χ3v) is 6.83. The lowest BCUT2D eigenvalue weighted by Gasteiger charge is -2.20. The molecule has 0 aromatic heterocycles. The van der Waals surface area contributed by atoms with Gasteiger partial charge in [-0.25, -0.2) is 12.8 Å². The number of sulfonamides is 1. The summed E-state index contributed by atoms with van der Waals surface area (Å²) in [6.45, 7) is 0. The number of hydrogen-bond donors (Lipinski definition) is 1. The minimum absolute atomic E-state index is 0.0599. The van der Waals surface area contributed by atoms with Gasteiger partial charge in [-0.1, -0.05) is 24.4 Å². The Labute approximate surface area is 163 Å². The number of carbonyl (C=O) groups is 1. The van der Waals surface area contributed by atoms with E-state index in [1.54, 1.807) is 0 Å². The molecule has 0 aliphatic heterocycles. The van der Waals surface area contributed by atoms with Gasteiger partial charge in [0, 0.05) is 13.1 Å². The van der Waals surface area contributed by atoms with Crippen LogP contribution in [0.4, 0.5) is 10.1 Å². The highest BCUT2D eigenvalue weighted by atomic mass is 35.5. The van der Waals surface area contributed by atoms with E-state index in [0.717, 1.165) is 30.0 Å². The smallest absolute Gasteiger partial charge is 0.264 e. The number of nitrogens with one attached hydrogen (secondary N) is 1. The average molecular weight is 411 g/mol. The standard InChI is InChI=1S/C19H20ClFN2O3S/c1-23(15-8-6-13(21)7-9-15)27(25,26)16-10-11-18(20)17(12-16)19(24)22-14-4-2-3-5-14/h6-12,14H,2-5H2,1H3,(H,22,24). The van der Waals surface area contributed by atoms with Crippen molar-refractivity contribution in [3.8, 4) is 0 Å². The predicted octanol–water partition coefficient (Wildman–Crippen LogP) is 3.98. The first-order chi connectivity index (χ1) is 12.8. The van der Waals surface area contributed by atoms with Crippen LogP contribution in [0.25, 0.3) is 0 Å². The topological polar surface area (TPSA) is 66.5 Å². The van der Waals surface area contributed by atoms with Crippen LogP contribution in [0.3, 0.4) is 0 Å². The maximum Gasteiger partial charge on any atom is 0.264 e. The molecule has 27 heavy (non-hydrogen) atoms. The van der Waals surface area contributed by atoms with Crippen LogP contribution in [-0.4, -0.2) is 27.4 Å². The highest BCUT2D eigenvalue weighted by Crippen LogP contribution is 2.26. The molecule has 1 aliphatic carbocycles. The molecule has 0 saturated heterocycles. The van der Waals surface area contributed by atoms with Crippen molar-refractivity contribution in [1.29, 1.82) is 0 Å². The van der Waals surface area contributed by atoms with Gasteiger partial charge in [-0.2, -0.15) is 0 Å². The van der Waals surface area contributed by atoms with Crippen LogP contribution in [-0.2, 0) is 10.0 Å². The van der Waals surface area contributed by atoms with Gasteiger partial charge < -0.3 is 5.32 Å². The third kappa shape index (κ3) is 4.25. The minimum Gasteiger partial charge on any atom is -0.349 e. The molecule has 0 atom stereocenters. The zero-order valence-corrected chi connectivity index (χ0v) is 16.4. The van der Waals surface area contributed by atoms with Crippen LogP contribution >= 0.6 is 11.6 Å². The Morgan fingerprint density at radius 2 is 1.78 bits per heavy atom. The van der Waals surface area contributed by atoms with Crippen molar-refractivity contribution in [3.05, 3.63) is 58.9 Å². The average Bonchev–Trinajstić information content (AvgIpc) is 3.14. The zero-order chi connectivity index (χ0) is 19.6. The normalized spacial score (nSPS) is 14.9. The SMILES string of the molecule is CN(c1ccc(F)cc1)S(=O)(=O)c1ccc(Cl)c(C(=O)NC2CCCC2)c1. The van der Waals surface area contributed by atoms with Crippen LogP contribution < -0.4 is 9.62 Å². The summed E-state index contributed by atoms with van der Waals surface area (Å²) in [5.74, 6) is -0.838. The van der Waals surface area contributed by atoms with Crippen molar-refractivity contribution in [3.63, 3.8) is 0 Å².